The van der Waals surface area contributed by atoms with Crippen LogP contribution in [-0.2, 0) is 11.3 Å². The van der Waals surface area contributed by atoms with Crippen molar-refractivity contribution in [3.8, 4) is 0 Å². The highest BCUT2D eigenvalue weighted by atomic mass is 35.5. The lowest BCUT2D eigenvalue weighted by Gasteiger charge is -2.21. The van der Waals surface area contributed by atoms with Crippen molar-refractivity contribution in [3.05, 3.63) is 70.7 Å². The molecule has 4 heteroatoms. The van der Waals surface area contributed by atoms with E-state index in [1.54, 1.807) is 11.9 Å². The van der Waals surface area contributed by atoms with Crippen molar-refractivity contribution < 1.29 is 4.79 Å². The number of hydrogen-bond donors (Lipinski definition) is 0. The van der Waals surface area contributed by atoms with Crippen molar-refractivity contribution in [2.45, 2.75) is 11.9 Å². The smallest absolute Gasteiger partial charge is 0.245 e. The van der Waals surface area contributed by atoms with Crippen LogP contribution >= 0.6 is 23.2 Å². The Hall–Kier alpha value is -1.51. The van der Waals surface area contributed by atoms with Gasteiger partial charge in [-0.15, -0.1) is 11.6 Å². The van der Waals surface area contributed by atoms with E-state index in [1.807, 2.05) is 54.6 Å². The van der Waals surface area contributed by atoms with Crippen LogP contribution < -0.4 is 0 Å². The maximum Gasteiger partial charge on any atom is 0.245 e. The summed E-state index contributed by atoms with van der Waals surface area (Å²) in [4.78, 5) is 13.9. The quantitative estimate of drug-likeness (QED) is 0.772. The van der Waals surface area contributed by atoms with Crippen LogP contribution in [0.2, 0.25) is 5.02 Å². The van der Waals surface area contributed by atoms with E-state index in [1.165, 1.54) is 0 Å². The molecule has 0 bridgehead atoms. The highest BCUT2D eigenvalue weighted by Crippen LogP contribution is 2.24. The predicted molar refractivity (Wildman–Crippen MR) is 83.0 cm³/mol. The molecule has 0 heterocycles. The van der Waals surface area contributed by atoms with Crippen LogP contribution in [0.4, 0.5) is 0 Å². The molecule has 0 N–H and O–H groups in total. The Labute approximate surface area is 128 Å². The molecular formula is C16H15Cl2NO. The Balaban J connectivity index is 2.08. The van der Waals surface area contributed by atoms with E-state index in [-0.39, 0.29) is 5.91 Å². The third-order valence-electron chi connectivity index (χ3n) is 3.05. The summed E-state index contributed by atoms with van der Waals surface area (Å²) in [5, 5.41) is -0.0262. The topological polar surface area (TPSA) is 20.3 Å². The molecular weight excluding hydrogens is 293 g/mol. The van der Waals surface area contributed by atoms with Crippen molar-refractivity contribution in [1.29, 1.82) is 0 Å². The van der Waals surface area contributed by atoms with Crippen molar-refractivity contribution in [3.63, 3.8) is 0 Å². The fraction of sp³-hybridized carbons (Fsp3) is 0.188. The van der Waals surface area contributed by atoms with E-state index < -0.39 is 5.38 Å². The summed E-state index contributed by atoms with van der Waals surface area (Å²) in [6.07, 6.45) is 0. The van der Waals surface area contributed by atoms with Gasteiger partial charge in [-0.2, -0.15) is 0 Å². The standard InChI is InChI=1S/C16H15Cl2NO/c1-19(11-13-9-5-6-10-14(13)17)16(20)15(18)12-7-3-2-4-8-12/h2-10,15H,11H2,1H3. The summed E-state index contributed by atoms with van der Waals surface area (Å²) in [5.74, 6) is -0.141. The van der Waals surface area contributed by atoms with Gasteiger partial charge in [-0.05, 0) is 17.2 Å². The monoisotopic (exact) mass is 307 g/mol. The molecule has 0 aromatic heterocycles. The average molecular weight is 308 g/mol. The molecule has 1 atom stereocenters. The predicted octanol–water partition coefficient (Wildman–Crippen LogP) is 4.28. The number of hydrogen-bond acceptors (Lipinski definition) is 1. The van der Waals surface area contributed by atoms with E-state index in [4.69, 9.17) is 23.2 Å². The van der Waals surface area contributed by atoms with Gasteiger partial charge in [0.25, 0.3) is 0 Å². The fourth-order valence-electron chi connectivity index (χ4n) is 1.92. The average Bonchev–Trinajstić information content (AvgIpc) is 2.49. The summed E-state index contributed by atoms with van der Waals surface area (Å²) in [6.45, 7) is 0.439. The number of benzene rings is 2. The molecule has 0 saturated carbocycles. The number of carbonyl (C=O) groups excluding carboxylic acids is 1. The Morgan fingerprint density at radius 3 is 2.35 bits per heavy atom. The van der Waals surface area contributed by atoms with Crippen LogP contribution in [-0.4, -0.2) is 17.9 Å². The molecule has 2 aromatic rings. The SMILES string of the molecule is CN(Cc1ccccc1Cl)C(=O)C(Cl)c1ccccc1. The summed E-state index contributed by atoms with van der Waals surface area (Å²) in [5.41, 5.74) is 1.70. The molecule has 1 amide bonds. The van der Waals surface area contributed by atoms with Crippen molar-refractivity contribution in [2.24, 2.45) is 0 Å². The van der Waals surface area contributed by atoms with E-state index in [2.05, 4.69) is 0 Å². The summed E-state index contributed by atoms with van der Waals surface area (Å²) in [7, 11) is 1.73. The molecule has 20 heavy (non-hydrogen) atoms. The largest absolute Gasteiger partial charge is 0.340 e. The molecule has 2 nitrogen and oxygen atoms in total. The fourth-order valence-corrected chi connectivity index (χ4v) is 2.43. The van der Waals surface area contributed by atoms with Crippen molar-refractivity contribution in [1.82, 2.24) is 4.90 Å². The number of nitrogens with zero attached hydrogens (tertiary/aromatic N) is 1. The molecule has 0 radical (unpaired) electrons. The van der Waals surface area contributed by atoms with Gasteiger partial charge >= 0.3 is 0 Å². The van der Waals surface area contributed by atoms with E-state index in [0.29, 0.717) is 11.6 Å². The second-order valence-electron chi connectivity index (χ2n) is 4.56. The Morgan fingerprint density at radius 1 is 1.10 bits per heavy atom. The van der Waals surface area contributed by atoms with Gasteiger partial charge in [-0.25, -0.2) is 0 Å². The van der Waals surface area contributed by atoms with Gasteiger partial charge in [-0.3, -0.25) is 4.79 Å². The molecule has 0 aliphatic heterocycles. The molecule has 1 unspecified atom stereocenters. The molecule has 0 aliphatic rings. The first-order valence-corrected chi connectivity index (χ1v) is 7.08. The number of likely N-dealkylation sites (N-methyl/N-ethyl adjacent to an activating group) is 1. The summed E-state index contributed by atoms with van der Waals surface area (Å²) in [6, 6.07) is 16.8. The van der Waals surface area contributed by atoms with E-state index >= 15 is 0 Å². The lowest BCUT2D eigenvalue weighted by Crippen LogP contribution is -2.29. The third kappa shape index (κ3) is 3.53. The second-order valence-corrected chi connectivity index (χ2v) is 5.40. The minimum Gasteiger partial charge on any atom is -0.340 e. The third-order valence-corrected chi connectivity index (χ3v) is 3.86. The van der Waals surface area contributed by atoms with Crippen molar-refractivity contribution in [2.75, 3.05) is 7.05 Å². The Morgan fingerprint density at radius 2 is 1.70 bits per heavy atom. The summed E-state index contributed by atoms with van der Waals surface area (Å²) < 4.78 is 0. The lowest BCUT2D eigenvalue weighted by molar-refractivity contribution is -0.130. The number of rotatable bonds is 4. The van der Waals surface area contributed by atoms with Crippen LogP contribution in [0.25, 0.3) is 0 Å². The van der Waals surface area contributed by atoms with Crippen LogP contribution in [0.1, 0.15) is 16.5 Å². The second kappa shape index (κ2) is 6.78. The minimum atomic E-state index is -0.677. The molecule has 0 saturated heterocycles. The van der Waals surface area contributed by atoms with Gasteiger partial charge in [-0.1, -0.05) is 60.1 Å². The van der Waals surface area contributed by atoms with E-state index in [9.17, 15) is 4.79 Å². The zero-order chi connectivity index (χ0) is 14.5. The first kappa shape index (κ1) is 14.9. The van der Waals surface area contributed by atoms with Gasteiger partial charge < -0.3 is 4.90 Å². The van der Waals surface area contributed by atoms with Gasteiger partial charge in [0, 0.05) is 18.6 Å². The van der Waals surface area contributed by atoms with Crippen LogP contribution in [0.3, 0.4) is 0 Å². The Bertz CT molecular complexity index is 586. The number of alkyl halides is 1. The zero-order valence-electron chi connectivity index (χ0n) is 11.1. The van der Waals surface area contributed by atoms with Crippen LogP contribution in [0.5, 0.6) is 0 Å². The first-order chi connectivity index (χ1) is 9.59. The van der Waals surface area contributed by atoms with Crippen LogP contribution in [0, 0.1) is 0 Å². The van der Waals surface area contributed by atoms with Gasteiger partial charge in [0.2, 0.25) is 5.91 Å². The number of amides is 1. The lowest BCUT2D eigenvalue weighted by atomic mass is 10.1. The molecule has 0 aliphatic carbocycles. The maximum atomic E-state index is 12.3. The maximum absolute atomic E-state index is 12.3. The number of carbonyl (C=O) groups is 1. The minimum absolute atomic E-state index is 0.141. The normalized spacial score (nSPS) is 11.9. The number of halogens is 2. The zero-order valence-corrected chi connectivity index (χ0v) is 12.6. The van der Waals surface area contributed by atoms with Gasteiger partial charge in [0.15, 0.2) is 0 Å². The Kier molecular flexibility index (Phi) is 5.05. The van der Waals surface area contributed by atoms with Crippen molar-refractivity contribution >= 4 is 29.1 Å². The molecule has 0 spiro atoms. The highest BCUT2D eigenvalue weighted by molar-refractivity contribution is 6.31. The van der Waals surface area contributed by atoms with Gasteiger partial charge in [0.05, 0.1) is 0 Å². The first-order valence-electron chi connectivity index (χ1n) is 6.27. The molecule has 2 aromatic carbocycles. The van der Waals surface area contributed by atoms with Crippen LogP contribution in [0.15, 0.2) is 54.6 Å². The summed E-state index contributed by atoms with van der Waals surface area (Å²) >= 11 is 12.3. The van der Waals surface area contributed by atoms with E-state index in [0.717, 1.165) is 11.1 Å². The molecule has 2 rings (SSSR count). The molecule has 104 valence electrons. The highest BCUT2D eigenvalue weighted by Gasteiger charge is 2.21. The van der Waals surface area contributed by atoms with Gasteiger partial charge in [0.1, 0.15) is 5.38 Å². The molecule has 0 fully saturated rings.